The number of benzene rings is 1. The quantitative estimate of drug-likeness (QED) is 0.466. The predicted octanol–water partition coefficient (Wildman–Crippen LogP) is 1.69. The van der Waals surface area contributed by atoms with Gasteiger partial charge in [0.2, 0.25) is 0 Å². The van der Waals surface area contributed by atoms with Gasteiger partial charge >= 0.3 is 5.97 Å². The largest absolute Gasteiger partial charge is 0.496 e. The summed E-state index contributed by atoms with van der Waals surface area (Å²) in [5.41, 5.74) is 0.694. The van der Waals surface area contributed by atoms with Crippen molar-refractivity contribution in [2.75, 3.05) is 7.11 Å². The van der Waals surface area contributed by atoms with E-state index in [0.29, 0.717) is 17.7 Å². The Morgan fingerprint density at radius 1 is 1.50 bits per heavy atom. The van der Waals surface area contributed by atoms with Crippen LogP contribution in [-0.4, -0.2) is 24.0 Å². The summed E-state index contributed by atoms with van der Waals surface area (Å²) in [6.07, 6.45) is 1.98. The fourth-order valence-corrected chi connectivity index (χ4v) is 1.44. The lowest BCUT2D eigenvalue weighted by atomic mass is 10.00. The van der Waals surface area contributed by atoms with E-state index in [2.05, 4.69) is 6.58 Å². The van der Waals surface area contributed by atoms with Crippen LogP contribution in [0.15, 0.2) is 30.9 Å². The van der Waals surface area contributed by atoms with Gasteiger partial charge in [-0.3, -0.25) is 4.79 Å². The summed E-state index contributed by atoms with van der Waals surface area (Å²) in [6.45, 7) is 3.56. The van der Waals surface area contributed by atoms with Crippen molar-refractivity contribution >= 4 is 11.8 Å². The normalized spacial score (nSPS) is 9.56. The second-order valence-electron chi connectivity index (χ2n) is 3.11. The molecular formula is C12H12O4. The SMILES string of the molecule is C=CCc1c(OC)cccc1C(=O)C(=O)O. The van der Waals surface area contributed by atoms with Gasteiger partial charge in [0.05, 0.1) is 7.11 Å². The first-order valence-electron chi connectivity index (χ1n) is 4.66. The molecule has 16 heavy (non-hydrogen) atoms. The lowest BCUT2D eigenvalue weighted by Crippen LogP contribution is -2.15. The van der Waals surface area contributed by atoms with Crippen molar-refractivity contribution in [3.8, 4) is 5.75 Å². The molecule has 1 aromatic rings. The Kier molecular flexibility index (Phi) is 3.83. The molecule has 84 valence electrons. The smallest absolute Gasteiger partial charge is 0.377 e. The van der Waals surface area contributed by atoms with Crippen molar-refractivity contribution in [3.05, 3.63) is 42.0 Å². The highest BCUT2D eigenvalue weighted by Gasteiger charge is 2.19. The van der Waals surface area contributed by atoms with Crippen LogP contribution in [0.25, 0.3) is 0 Å². The van der Waals surface area contributed by atoms with Gasteiger partial charge in [0, 0.05) is 11.1 Å². The molecule has 0 aliphatic carbocycles. The van der Waals surface area contributed by atoms with E-state index < -0.39 is 11.8 Å². The number of ether oxygens (including phenoxy) is 1. The third-order valence-corrected chi connectivity index (χ3v) is 2.14. The maximum atomic E-state index is 11.4. The van der Waals surface area contributed by atoms with Crippen LogP contribution >= 0.6 is 0 Å². The highest BCUT2D eigenvalue weighted by atomic mass is 16.5. The molecule has 4 nitrogen and oxygen atoms in total. The Morgan fingerprint density at radius 2 is 2.19 bits per heavy atom. The molecule has 0 aliphatic heterocycles. The third-order valence-electron chi connectivity index (χ3n) is 2.14. The van der Waals surface area contributed by atoms with E-state index in [1.165, 1.54) is 13.2 Å². The van der Waals surface area contributed by atoms with Gasteiger partial charge in [-0.1, -0.05) is 18.2 Å². The molecule has 0 aliphatic rings. The van der Waals surface area contributed by atoms with Crippen LogP contribution in [0.1, 0.15) is 15.9 Å². The van der Waals surface area contributed by atoms with E-state index in [0.717, 1.165) is 0 Å². The molecule has 0 spiro atoms. The van der Waals surface area contributed by atoms with E-state index in [1.54, 1.807) is 18.2 Å². The standard InChI is InChI=1S/C12H12O4/c1-3-5-8-9(11(13)12(14)15)6-4-7-10(8)16-2/h3-4,6-7H,1,5H2,2H3,(H,14,15). The van der Waals surface area contributed by atoms with Gasteiger partial charge in [-0.15, -0.1) is 6.58 Å². The first-order valence-corrected chi connectivity index (χ1v) is 4.66. The molecule has 0 amide bonds. The van der Waals surface area contributed by atoms with Gasteiger partial charge in [-0.2, -0.15) is 0 Å². The zero-order valence-electron chi connectivity index (χ0n) is 8.90. The Hall–Kier alpha value is -2.10. The third kappa shape index (κ3) is 2.28. The highest BCUT2D eigenvalue weighted by molar-refractivity contribution is 6.40. The van der Waals surface area contributed by atoms with Crippen molar-refractivity contribution < 1.29 is 19.4 Å². The van der Waals surface area contributed by atoms with Crippen LogP contribution in [0.2, 0.25) is 0 Å². The molecule has 0 radical (unpaired) electrons. The van der Waals surface area contributed by atoms with E-state index in [4.69, 9.17) is 9.84 Å². The number of rotatable bonds is 5. The molecule has 4 heteroatoms. The van der Waals surface area contributed by atoms with Crippen molar-refractivity contribution in [3.63, 3.8) is 0 Å². The van der Waals surface area contributed by atoms with Crippen molar-refractivity contribution in [2.24, 2.45) is 0 Å². The number of hydrogen-bond acceptors (Lipinski definition) is 3. The van der Waals surface area contributed by atoms with E-state index in [-0.39, 0.29) is 5.56 Å². The Balaban J connectivity index is 3.31. The second kappa shape index (κ2) is 5.11. The first-order chi connectivity index (χ1) is 7.61. The summed E-state index contributed by atoms with van der Waals surface area (Å²) in [7, 11) is 1.47. The summed E-state index contributed by atoms with van der Waals surface area (Å²) in [6, 6.07) is 4.73. The summed E-state index contributed by atoms with van der Waals surface area (Å²) in [4.78, 5) is 22.1. The molecule has 0 bridgehead atoms. The summed E-state index contributed by atoms with van der Waals surface area (Å²) in [5, 5.41) is 8.68. The Labute approximate surface area is 93.2 Å². The van der Waals surface area contributed by atoms with Crippen LogP contribution in [0, 0.1) is 0 Å². The van der Waals surface area contributed by atoms with Crippen LogP contribution in [0.4, 0.5) is 0 Å². The number of allylic oxidation sites excluding steroid dienone is 1. The van der Waals surface area contributed by atoms with Crippen LogP contribution in [-0.2, 0) is 11.2 Å². The van der Waals surface area contributed by atoms with Gasteiger partial charge in [-0.25, -0.2) is 4.79 Å². The maximum absolute atomic E-state index is 11.4. The van der Waals surface area contributed by atoms with Gasteiger partial charge in [-0.05, 0) is 12.5 Å². The summed E-state index contributed by atoms with van der Waals surface area (Å²) in [5.74, 6) is -1.92. The summed E-state index contributed by atoms with van der Waals surface area (Å²) >= 11 is 0. The number of Topliss-reactive ketones (excluding diaryl/α,β-unsaturated/α-hetero) is 1. The monoisotopic (exact) mass is 220 g/mol. The van der Waals surface area contributed by atoms with Crippen molar-refractivity contribution in [1.82, 2.24) is 0 Å². The number of carboxylic acids is 1. The van der Waals surface area contributed by atoms with Crippen molar-refractivity contribution in [2.45, 2.75) is 6.42 Å². The lowest BCUT2D eigenvalue weighted by Gasteiger charge is -2.10. The topological polar surface area (TPSA) is 63.6 Å². The predicted molar refractivity (Wildman–Crippen MR) is 58.9 cm³/mol. The van der Waals surface area contributed by atoms with Crippen LogP contribution in [0.5, 0.6) is 5.75 Å². The van der Waals surface area contributed by atoms with E-state index >= 15 is 0 Å². The van der Waals surface area contributed by atoms with Crippen LogP contribution < -0.4 is 4.74 Å². The molecule has 0 aromatic heterocycles. The minimum absolute atomic E-state index is 0.145. The highest BCUT2D eigenvalue weighted by Crippen LogP contribution is 2.23. The second-order valence-corrected chi connectivity index (χ2v) is 3.11. The van der Waals surface area contributed by atoms with E-state index in [1.807, 2.05) is 0 Å². The van der Waals surface area contributed by atoms with Gasteiger partial charge in [0.1, 0.15) is 5.75 Å². The minimum Gasteiger partial charge on any atom is -0.496 e. The number of ketones is 1. The maximum Gasteiger partial charge on any atom is 0.377 e. The Morgan fingerprint density at radius 3 is 2.69 bits per heavy atom. The molecule has 0 unspecified atom stereocenters. The molecule has 0 heterocycles. The van der Waals surface area contributed by atoms with Crippen LogP contribution in [0.3, 0.4) is 0 Å². The molecule has 0 fully saturated rings. The minimum atomic E-state index is -1.47. The molecule has 0 saturated carbocycles. The number of carboxylic acid groups (broad SMARTS) is 1. The van der Waals surface area contributed by atoms with Gasteiger partial charge < -0.3 is 9.84 Å². The van der Waals surface area contributed by atoms with E-state index in [9.17, 15) is 9.59 Å². The molecule has 0 atom stereocenters. The molecule has 0 saturated heterocycles. The van der Waals surface area contributed by atoms with Crippen molar-refractivity contribution in [1.29, 1.82) is 0 Å². The lowest BCUT2D eigenvalue weighted by molar-refractivity contribution is -0.131. The zero-order chi connectivity index (χ0) is 12.1. The summed E-state index contributed by atoms with van der Waals surface area (Å²) < 4.78 is 5.08. The molecule has 1 N–H and O–H groups in total. The van der Waals surface area contributed by atoms with Gasteiger partial charge in [0.15, 0.2) is 0 Å². The molecular weight excluding hydrogens is 208 g/mol. The fourth-order valence-electron chi connectivity index (χ4n) is 1.44. The fraction of sp³-hybridized carbons (Fsp3) is 0.167. The zero-order valence-corrected chi connectivity index (χ0v) is 8.90. The first kappa shape index (κ1) is 12.0. The molecule has 1 rings (SSSR count). The Bertz CT molecular complexity index is 435. The van der Waals surface area contributed by atoms with Gasteiger partial charge in [0.25, 0.3) is 5.78 Å². The molecule has 1 aromatic carbocycles. The number of carbonyl (C=O) groups excluding carboxylic acids is 1. The number of aliphatic carboxylic acids is 1. The number of methoxy groups -OCH3 is 1. The number of carbonyl (C=O) groups is 2. The average molecular weight is 220 g/mol. The number of hydrogen-bond donors (Lipinski definition) is 1. The average Bonchev–Trinajstić information content (AvgIpc) is 2.28.